The van der Waals surface area contributed by atoms with Crippen LogP contribution in [0.15, 0.2) is 77.7 Å². The Morgan fingerprint density at radius 2 is 1.69 bits per heavy atom. The van der Waals surface area contributed by atoms with Crippen molar-refractivity contribution < 1.29 is 14.3 Å². The maximum atomic E-state index is 13.0. The summed E-state index contributed by atoms with van der Waals surface area (Å²) in [6, 6.07) is 23.3. The van der Waals surface area contributed by atoms with Crippen molar-refractivity contribution in [1.29, 1.82) is 0 Å². The molecule has 1 atom stereocenters. The van der Waals surface area contributed by atoms with E-state index in [-0.39, 0.29) is 11.9 Å². The molecule has 5 heteroatoms. The molecule has 150 valence electrons. The topological polar surface area (TPSA) is 47.6 Å². The number of benzene rings is 3. The van der Waals surface area contributed by atoms with Crippen molar-refractivity contribution in [1.82, 2.24) is 5.32 Å². The van der Waals surface area contributed by atoms with Gasteiger partial charge >= 0.3 is 0 Å². The standard InChI is InChI=1S/C24H25NO3S/c1-17(21-15-19(27-2)13-14-22(21)28-3)25-24(26)20-11-7-8-12-23(20)29-16-18-9-5-4-6-10-18/h4-15,17H,16H2,1-3H3,(H,25,26). The second kappa shape index (κ2) is 10.0. The molecule has 0 heterocycles. The third-order valence-electron chi connectivity index (χ3n) is 4.62. The highest BCUT2D eigenvalue weighted by Gasteiger charge is 2.18. The number of thioether (sulfide) groups is 1. The minimum absolute atomic E-state index is 0.112. The largest absolute Gasteiger partial charge is 0.497 e. The zero-order valence-electron chi connectivity index (χ0n) is 16.8. The van der Waals surface area contributed by atoms with Gasteiger partial charge in [-0.25, -0.2) is 0 Å². The highest BCUT2D eigenvalue weighted by atomic mass is 32.2. The molecule has 0 spiro atoms. The van der Waals surface area contributed by atoms with Crippen molar-refractivity contribution in [2.45, 2.75) is 23.6 Å². The van der Waals surface area contributed by atoms with Crippen LogP contribution in [0.1, 0.15) is 34.5 Å². The molecule has 1 N–H and O–H groups in total. The fourth-order valence-electron chi connectivity index (χ4n) is 3.05. The van der Waals surface area contributed by atoms with Gasteiger partial charge in [-0.15, -0.1) is 11.8 Å². The number of hydrogen-bond donors (Lipinski definition) is 1. The molecule has 0 aliphatic heterocycles. The molecule has 4 nitrogen and oxygen atoms in total. The van der Waals surface area contributed by atoms with Gasteiger partial charge in [0, 0.05) is 16.2 Å². The van der Waals surface area contributed by atoms with Gasteiger partial charge in [0.15, 0.2) is 0 Å². The van der Waals surface area contributed by atoms with E-state index in [1.165, 1.54) is 5.56 Å². The predicted molar refractivity (Wildman–Crippen MR) is 118 cm³/mol. The summed E-state index contributed by atoms with van der Waals surface area (Å²) >= 11 is 1.66. The Balaban J connectivity index is 1.76. The van der Waals surface area contributed by atoms with Crippen LogP contribution in [-0.2, 0) is 5.75 Å². The van der Waals surface area contributed by atoms with Crippen molar-refractivity contribution in [3.63, 3.8) is 0 Å². The fourth-order valence-corrected chi connectivity index (χ4v) is 4.05. The number of nitrogens with one attached hydrogen (secondary N) is 1. The van der Waals surface area contributed by atoms with E-state index in [0.29, 0.717) is 11.3 Å². The van der Waals surface area contributed by atoms with Gasteiger partial charge in [0.1, 0.15) is 11.5 Å². The molecule has 29 heavy (non-hydrogen) atoms. The molecule has 1 amide bonds. The molecule has 0 fully saturated rings. The molecular formula is C24H25NO3S. The summed E-state index contributed by atoms with van der Waals surface area (Å²) in [6.07, 6.45) is 0. The maximum absolute atomic E-state index is 13.0. The average molecular weight is 408 g/mol. The van der Waals surface area contributed by atoms with Gasteiger partial charge in [-0.05, 0) is 42.8 Å². The molecule has 3 rings (SSSR count). The van der Waals surface area contributed by atoms with Crippen LogP contribution >= 0.6 is 11.8 Å². The molecule has 0 saturated carbocycles. The quantitative estimate of drug-likeness (QED) is 0.502. The second-order valence-corrected chi connectivity index (χ2v) is 7.59. The van der Waals surface area contributed by atoms with Crippen LogP contribution in [0.4, 0.5) is 0 Å². The Hall–Kier alpha value is -2.92. The molecule has 0 aliphatic carbocycles. The van der Waals surface area contributed by atoms with Crippen molar-refractivity contribution in [3.05, 3.63) is 89.5 Å². The van der Waals surface area contributed by atoms with Gasteiger partial charge in [0.25, 0.3) is 5.91 Å². The van der Waals surface area contributed by atoms with Gasteiger partial charge in [-0.1, -0.05) is 42.5 Å². The van der Waals surface area contributed by atoms with Crippen LogP contribution in [-0.4, -0.2) is 20.1 Å². The highest BCUT2D eigenvalue weighted by molar-refractivity contribution is 7.98. The summed E-state index contributed by atoms with van der Waals surface area (Å²) in [6.45, 7) is 1.94. The van der Waals surface area contributed by atoms with E-state index in [9.17, 15) is 4.79 Å². The maximum Gasteiger partial charge on any atom is 0.252 e. The molecule has 0 saturated heterocycles. The van der Waals surface area contributed by atoms with E-state index >= 15 is 0 Å². The van der Waals surface area contributed by atoms with E-state index in [4.69, 9.17) is 9.47 Å². The van der Waals surface area contributed by atoms with Crippen molar-refractivity contribution in [3.8, 4) is 11.5 Å². The van der Waals surface area contributed by atoms with Crippen LogP contribution in [0.5, 0.6) is 11.5 Å². The SMILES string of the molecule is COc1ccc(OC)c(C(C)NC(=O)c2ccccc2SCc2ccccc2)c1. The van der Waals surface area contributed by atoms with Crippen molar-refractivity contribution >= 4 is 17.7 Å². The molecule has 0 bridgehead atoms. The Labute approximate surface area is 176 Å². The van der Waals surface area contributed by atoms with Gasteiger partial charge < -0.3 is 14.8 Å². The van der Waals surface area contributed by atoms with Crippen LogP contribution in [0.3, 0.4) is 0 Å². The first-order chi connectivity index (χ1) is 14.1. The Morgan fingerprint density at radius 3 is 2.41 bits per heavy atom. The van der Waals surface area contributed by atoms with Gasteiger partial charge in [-0.3, -0.25) is 4.79 Å². The Bertz CT molecular complexity index is 959. The van der Waals surface area contributed by atoms with Gasteiger partial charge in [-0.2, -0.15) is 0 Å². The van der Waals surface area contributed by atoms with Gasteiger partial charge in [0.2, 0.25) is 0 Å². The lowest BCUT2D eigenvalue weighted by atomic mass is 10.1. The van der Waals surface area contributed by atoms with Crippen molar-refractivity contribution in [2.24, 2.45) is 0 Å². The minimum Gasteiger partial charge on any atom is -0.497 e. The van der Waals surface area contributed by atoms with Crippen LogP contribution in [0.2, 0.25) is 0 Å². The monoisotopic (exact) mass is 407 g/mol. The number of methoxy groups -OCH3 is 2. The third kappa shape index (κ3) is 5.33. The van der Waals surface area contributed by atoms with E-state index in [2.05, 4.69) is 17.4 Å². The smallest absolute Gasteiger partial charge is 0.252 e. The number of hydrogen-bond acceptors (Lipinski definition) is 4. The zero-order chi connectivity index (χ0) is 20.6. The first-order valence-electron chi connectivity index (χ1n) is 9.41. The molecule has 0 aliphatic rings. The van der Waals surface area contributed by atoms with E-state index in [1.807, 2.05) is 67.6 Å². The molecule has 3 aromatic rings. The molecule has 0 radical (unpaired) electrons. The van der Waals surface area contributed by atoms with Crippen LogP contribution in [0.25, 0.3) is 0 Å². The molecular weight excluding hydrogens is 382 g/mol. The lowest BCUT2D eigenvalue weighted by Gasteiger charge is -2.19. The zero-order valence-corrected chi connectivity index (χ0v) is 17.7. The first kappa shape index (κ1) is 20.8. The lowest BCUT2D eigenvalue weighted by Crippen LogP contribution is -2.27. The van der Waals surface area contributed by atoms with Crippen LogP contribution in [0, 0.1) is 0 Å². The fraction of sp³-hybridized carbons (Fsp3) is 0.208. The summed E-state index contributed by atoms with van der Waals surface area (Å²) in [5.74, 6) is 2.13. The van der Waals surface area contributed by atoms with E-state index in [1.54, 1.807) is 26.0 Å². The Kier molecular flexibility index (Phi) is 7.19. The second-order valence-electron chi connectivity index (χ2n) is 6.57. The summed E-state index contributed by atoms with van der Waals surface area (Å²) < 4.78 is 10.8. The minimum atomic E-state index is -0.236. The number of carbonyl (C=O) groups is 1. The molecule has 3 aromatic carbocycles. The van der Waals surface area contributed by atoms with Crippen LogP contribution < -0.4 is 14.8 Å². The number of amides is 1. The number of ether oxygens (including phenoxy) is 2. The highest BCUT2D eigenvalue weighted by Crippen LogP contribution is 2.30. The average Bonchev–Trinajstić information content (AvgIpc) is 2.78. The normalized spacial score (nSPS) is 11.6. The summed E-state index contributed by atoms with van der Waals surface area (Å²) in [4.78, 5) is 14.0. The summed E-state index contributed by atoms with van der Waals surface area (Å²) in [7, 11) is 3.24. The van der Waals surface area contributed by atoms with Gasteiger partial charge in [0.05, 0.1) is 25.8 Å². The summed E-state index contributed by atoms with van der Waals surface area (Å²) in [5, 5.41) is 3.09. The van der Waals surface area contributed by atoms with E-state index < -0.39 is 0 Å². The molecule has 1 unspecified atom stereocenters. The lowest BCUT2D eigenvalue weighted by molar-refractivity contribution is 0.0936. The van der Waals surface area contributed by atoms with E-state index in [0.717, 1.165) is 22.0 Å². The predicted octanol–water partition coefficient (Wildman–Crippen LogP) is 5.49. The Morgan fingerprint density at radius 1 is 0.966 bits per heavy atom. The number of rotatable bonds is 8. The third-order valence-corrected chi connectivity index (χ3v) is 5.76. The first-order valence-corrected chi connectivity index (χ1v) is 10.4. The van der Waals surface area contributed by atoms with Crippen molar-refractivity contribution in [2.75, 3.05) is 14.2 Å². The summed E-state index contributed by atoms with van der Waals surface area (Å²) in [5.41, 5.74) is 2.76. The number of carbonyl (C=O) groups excluding carboxylic acids is 1. The molecule has 0 aromatic heterocycles.